The van der Waals surface area contributed by atoms with Crippen LogP contribution < -0.4 is 5.32 Å². The smallest absolute Gasteiger partial charge is 0.481 e. The Bertz CT molecular complexity index is 1180. The summed E-state index contributed by atoms with van der Waals surface area (Å²) in [6.45, 7) is 2.39. The molecule has 4 rings (SSSR count). The molecule has 2 aromatic rings. The van der Waals surface area contributed by atoms with Crippen molar-refractivity contribution in [1.29, 1.82) is 0 Å². The normalized spacial score (nSPS) is 22.6. The molecule has 10 nitrogen and oxygen atoms in total. The summed E-state index contributed by atoms with van der Waals surface area (Å²) in [4.78, 5) is 52.2. The number of β-amino-alcohol motifs (C(OH)–C–C–N with tert-alkyl or cyclic N) is 1. The van der Waals surface area contributed by atoms with Crippen molar-refractivity contribution in [3.8, 4) is 10.4 Å². The second-order valence-corrected chi connectivity index (χ2v) is 9.94. The van der Waals surface area contributed by atoms with Crippen LogP contribution in [0.2, 0.25) is 0 Å². The minimum absolute atomic E-state index is 0.105. The first-order chi connectivity index (χ1) is 17.8. The zero-order valence-electron chi connectivity index (χ0n) is 20.1. The van der Waals surface area contributed by atoms with Crippen molar-refractivity contribution < 1.29 is 47.7 Å². The number of halogens is 3. The van der Waals surface area contributed by atoms with E-state index >= 15 is 0 Å². The minimum Gasteiger partial charge on any atom is -0.481 e. The molecule has 1 aliphatic carbocycles. The molecule has 1 aliphatic heterocycles. The third kappa shape index (κ3) is 7.07. The van der Waals surface area contributed by atoms with Gasteiger partial charge in [0.15, 0.2) is 0 Å². The number of nitrogens with zero attached hydrogens (tertiary/aromatic N) is 2. The van der Waals surface area contributed by atoms with Crippen molar-refractivity contribution in [2.75, 3.05) is 6.54 Å². The number of carbonyl (C=O) groups excluding carboxylic acids is 2. The lowest BCUT2D eigenvalue weighted by Gasteiger charge is -2.35. The second kappa shape index (κ2) is 11.9. The molecule has 0 radical (unpaired) electrons. The molecule has 38 heavy (non-hydrogen) atoms. The summed E-state index contributed by atoms with van der Waals surface area (Å²) >= 11 is 1.58. The van der Waals surface area contributed by atoms with E-state index in [-0.39, 0.29) is 30.7 Å². The maximum absolute atomic E-state index is 12.8. The van der Waals surface area contributed by atoms with Crippen molar-refractivity contribution in [3.05, 3.63) is 41.0 Å². The van der Waals surface area contributed by atoms with Crippen LogP contribution in [-0.2, 0) is 25.7 Å². The number of aliphatic hydroxyl groups is 1. The monoisotopic (exact) mass is 557 g/mol. The van der Waals surface area contributed by atoms with Crippen molar-refractivity contribution in [2.45, 2.75) is 51.1 Å². The first-order valence-electron chi connectivity index (χ1n) is 11.6. The van der Waals surface area contributed by atoms with Gasteiger partial charge in [0.25, 0.3) is 0 Å². The van der Waals surface area contributed by atoms with Gasteiger partial charge in [-0.1, -0.05) is 24.3 Å². The lowest BCUT2D eigenvalue weighted by atomic mass is 9.74. The Morgan fingerprint density at radius 2 is 1.68 bits per heavy atom. The highest BCUT2D eigenvalue weighted by Crippen LogP contribution is 2.37. The first kappa shape index (κ1) is 29.0. The van der Waals surface area contributed by atoms with Gasteiger partial charge in [-0.05, 0) is 30.9 Å². The van der Waals surface area contributed by atoms with Crippen molar-refractivity contribution in [2.24, 2.45) is 11.8 Å². The molecule has 14 heteroatoms. The molecular weight excluding hydrogens is 531 g/mol. The molecule has 2 heterocycles. The van der Waals surface area contributed by atoms with Gasteiger partial charge in [0.05, 0.1) is 28.1 Å². The number of likely N-dealkylation sites (tertiary alicyclic amines) is 1. The number of hydrogen-bond donors (Lipinski definition) is 4. The number of carbonyl (C=O) groups is 4. The van der Waals surface area contributed by atoms with E-state index in [0.29, 0.717) is 19.4 Å². The van der Waals surface area contributed by atoms with E-state index in [2.05, 4.69) is 10.3 Å². The SMILES string of the molecule is Cc1ncsc1-c1ccc(CNC(=O)[C@@H]2C[C@@H](O)CN2C(=O)C2CC(C(=O)O)C2)cc1.O=C(O)C(F)(F)F. The Kier molecular flexibility index (Phi) is 9.09. The molecule has 0 bridgehead atoms. The number of aliphatic carboxylic acids is 2. The van der Waals surface area contributed by atoms with E-state index in [4.69, 9.17) is 15.0 Å². The summed E-state index contributed by atoms with van der Waals surface area (Å²) in [5.74, 6) is -5.07. The summed E-state index contributed by atoms with van der Waals surface area (Å²) in [6.07, 6.45) is -5.06. The third-order valence-electron chi connectivity index (χ3n) is 6.37. The van der Waals surface area contributed by atoms with Gasteiger partial charge in [0.2, 0.25) is 11.8 Å². The van der Waals surface area contributed by atoms with Crippen molar-refractivity contribution >= 4 is 35.1 Å². The van der Waals surface area contributed by atoms with Crippen LogP contribution >= 0.6 is 11.3 Å². The van der Waals surface area contributed by atoms with Gasteiger partial charge in [0.1, 0.15) is 6.04 Å². The highest BCUT2D eigenvalue weighted by molar-refractivity contribution is 7.13. The minimum atomic E-state index is -5.08. The van der Waals surface area contributed by atoms with Crippen molar-refractivity contribution in [3.63, 3.8) is 0 Å². The van der Waals surface area contributed by atoms with Gasteiger partial charge in [-0.2, -0.15) is 13.2 Å². The quantitative estimate of drug-likeness (QED) is 0.422. The molecule has 2 aliphatic rings. The van der Waals surface area contributed by atoms with Gasteiger partial charge in [-0.25, -0.2) is 9.78 Å². The summed E-state index contributed by atoms with van der Waals surface area (Å²) in [5, 5.41) is 29.0. The Balaban J connectivity index is 0.000000505. The number of aromatic nitrogens is 1. The lowest BCUT2D eigenvalue weighted by molar-refractivity contribution is -0.192. The van der Waals surface area contributed by atoms with E-state index in [9.17, 15) is 32.7 Å². The third-order valence-corrected chi connectivity index (χ3v) is 7.35. The fourth-order valence-electron chi connectivity index (χ4n) is 4.22. The molecule has 0 spiro atoms. The van der Waals surface area contributed by atoms with E-state index in [1.165, 1.54) is 4.90 Å². The number of benzene rings is 1. The van der Waals surface area contributed by atoms with Crippen LogP contribution in [0, 0.1) is 18.8 Å². The van der Waals surface area contributed by atoms with E-state index in [1.54, 1.807) is 11.3 Å². The second-order valence-electron chi connectivity index (χ2n) is 9.08. The zero-order chi connectivity index (χ0) is 28.2. The van der Waals surface area contributed by atoms with E-state index in [0.717, 1.165) is 21.7 Å². The number of rotatable bonds is 6. The average Bonchev–Trinajstić information content (AvgIpc) is 3.41. The highest BCUT2D eigenvalue weighted by Gasteiger charge is 2.46. The topological polar surface area (TPSA) is 157 Å². The zero-order valence-corrected chi connectivity index (χ0v) is 21.0. The largest absolute Gasteiger partial charge is 0.490 e. The number of carboxylic acid groups (broad SMARTS) is 2. The van der Waals surface area contributed by atoms with Gasteiger partial charge < -0.3 is 25.5 Å². The molecule has 2 atom stereocenters. The fourth-order valence-corrected chi connectivity index (χ4v) is 5.03. The number of amides is 2. The van der Waals surface area contributed by atoms with Crippen LogP contribution in [0.4, 0.5) is 13.2 Å². The fraction of sp³-hybridized carbons (Fsp3) is 0.458. The van der Waals surface area contributed by atoms with Gasteiger partial charge in [0, 0.05) is 25.4 Å². The van der Waals surface area contributed by atoms with Crippen molar-refractivity contribution in [1.82, 2.24) is 15.2 Å². The Morgan fingerprint density at radius 1 is 1.08 bits per heavy atom. The number of hydrogen-bond acceptors (Lipinski definition) is 7. The number of aryl methyl sites for hydroxylation is 1. The number of alkyl halides is 3. The van der Waals surface area contributed by atoms with Crippen LogP contribution in [-0.4, -0.2) is 73.8 Å². The van der Waals surface area contributed by atoms with Crippen LogP contribution in [0.25, 0.3) is 10.4 Å². The molecule has 1 aromatic heterocycles. The number of aliphatic hydroxyl groups excluding tert-OH is 1. The molecule has 1 aromatic carbocycles. The van der Waals surface area contributed by atoms with E-state index < -0.39 is 36.2 Å². The Hall–Kier alpha value is -3.52. The van der Waals surface area contributed by atoms with E-state index in [1.807, 2.05) is 36.7 Å². The molecule has 206 valence electrons. The molecule has 2 fully saturated rings. The summed E-state index contributed by atoms with van der Waals surface area (Å²) in [5.41, 5.74) is 4.80. The van der Waals surface area contributed by atoms with Crippen LogP contribution in [0.1, 0.15) is 30.5 Å². The summed E-state index contributed by atoms with van der Waals surface area (Å²) < 4.78 is 31.7. The predicted octanol–water partition coefficient (Wildman–Crippen LogP) is 2.44. The number of carboxylic acids is 2. The first-order valence-corrected chi connectivity index (χ1v) is 12.4. The molecular formula is C24H26F3N3O7S. The van der Waals surface area contributed by atoms with Crippen LogP contribution in [0.3, 0.4) is 0 Å². The van der Waals surface area contributed by atoms with Gasteiger partial charge in [-0.15, -0.1) is 11.3 Å². The maximum Gasteiger partial charge on any atom is 0.490 e. The molecule has 4 N–H and O–H groups in total. The summed E-state index contributed by atoms with van der Waals surface area (Å²) in [7, 11) is 0. The molecule has 1 saturated heterocycles. The van der Waals surface area contributed by atoms with Crippen LogP contribution in [0.15, 0.2) is 29.8 Å². The van der Waals surface area contributed by atoms with Crippen LogP contribution in [0.5, 0.6) is 0 Å². The number of thiazole rings is 1. The van der Waals surface area contributed by atoms with Gasteiger partial charge in [-0.3, -0.25) is 14.4 Å². The standard InChI is InChI=1S/C22H25N3O5S.C2HF3O2/c1-12-19(31-11-24-12)14-4-2-13(3-5-14)9-23-20(27)18-8-17(26)10-25(18)21(28)15-6-16(7-15)22(29)30;3-2(4,5)1(6)7/h2-5,11,15-18,26H,6-10H2,1H3,(H,23,27)(H,29,30);(H,6,7)/t15?,16?,17-,18+;/m1./s1. The average molecular weight is 558 g/mol. The summed E-state index contributed by atoms with van der Waals surface area (Å²) in [6, 6.07) is 7.15. The van der Waals surface area contributed by atoms with Gasteiger partial charge >= 0.3 is 18.1 Å². The number of nitrogens with one attached hydrogen (secondary N) is 1. The maximum atomic E-state index is 12.8. The molecule has 2 amide bonds. The Morgan fingerprint density at radius 3 is 2.18 bits per heavy atom. The predicted molar refractivity (Wildman–Crippen MR) is 128 cm³/mol. The Labute approximate surface area is 219 Å². The molecule has 1 saturated carbocycles. The lowest BCUT2D eigenvalue weighted by Crippen LogP contribution is -2.50. The molecule has 0 unspecified atom stereocenters. The highest BCUT2D eigenvalue weighted by atomic mass is 32.1.